The highest BCUT2D eigenvalue weighted by Crippen LogP contribution is 2.43. The topological polar surface area (TPSA) is 109 Å². The standard InChI is InChI=1S/C31H29F2N5O4S/c1-5-23(40)36-11-12-37-18(14-36)15-43(42)29-25-21(13-19(26(29)33)24-20(32)7-6-8-22(24)39)38(31(41)35-30(25)37)28-17(4)9-10-34-27(28)16(2)3/h5-10,13,16,18,39H,1,11-12,14-15H2,2-4H3. The molecule has 0 spiro atoms. The zero-order valence-electron chi connectivity index (χ0n) is 23.8. The molecule has 0 bridgehead atoms. The fourth-order valence-corrected chi connectivity index (χ4v) is 7.60. The molecule has 0 aliphatic carbocycles. The van der Waals surface area contributed by atoms with Crippen molar-refractivity contribution in [3.63, 3.8) is 0 Å². The van der Waals surface area contributed by atoms with E-state index >= 15 is 8.78 Å². The number of fused-ring (bicyclic) bond motifs is 2. The number of benzene rings is 2. The van der Waals surface area contributed by atoms with Gasteiger partial charge in [0.15, 0.2) is 0 Å². The lowest BCUT2D eigenvalue weighted by Crippen LogP contribution is -2.56. The van der Waals surface area contributed by atoms with Crippen LogP contribution >= 0.6 is 0 Å². The molecule has 2 aromatic heterocycles. The third kappa shape index (κ3) is 4.51. The number of phenols is 1. The molecular formula is C31H29F2N5O4S. The first-order valence-electron chi connectivity index (χ1n) is 13.8. The van der Waals surface area contributed by atoms with Crippen LogP contribution < -0.4 is 10.6 Å². The Morgan fingerprint density at radius 1 is 1.23 bits per heavy atom. The number of aromatic nitrogens is 3. The quantitative estimate of drug-likeness (QED) is 0.348. The molecule has 0 saturated carbocycles. The summed E-state index contributed by atoms with van der Waals surface area (Å²) in [7, 11) is -2.01. The molecule has 2 aromatic carbocycles. The average Bonchev–Trinajstić information content (AvgIpc) is 3.08. The number of aromatic hydroxyl groups is 1. The fourth-order valence-electron chi connectivity index (χ4n) is 6.06. The average molecular weight is 606 g/mol. The number of piperazine rings is 1. The first kappa shape index (κ1) is 28.7. The number of halogens is 2. The Bertz CT molecular complexity index is 1900. The zero-order valence-corrected chi connectivity index (χ0v) is 24.6. The van der Waals surface area contributed by atoms with Gasteiger partial charge in [0.05, 0.1) is 55.3 Å². The number of aryl methyl sites for hydroxylation is 1. The van der Waals surface area contributed by atoms with Gasteiger partial charge in [0.1, 0.15) is 23.2 Å². The Morgan fingerprint density at radius 3 is 2.70 bits per heavy atom. The summed E-state index contributed by atoms with van der Waals surface area (Å²) in [5.41, 5.74) is 0.443. The first-order valence-corrected chi connectivity index (χ1v) is 15.1. The molecule has 12 heteroatoms. The highest BCUT2D eigenvalue weighted by atomic mass is 32.2. The third-order valence-corrected chi connectivity index (χ3v) is 9.58. The minimum atomic E-state index is -2.01. The number of carbonyl (C=O) groups excluding carboxylic acids is 1. The van der Waals surface area contributed by atoms with Crippen LogP contribution in [-0.2, 0) is 15.6 Å². The molecule has 2 unspecified atom stereocenters. The predicted octanol–water partition coefficient (Wildman–Crippen LogP) is 4.19. The van der Waals surface area contributed by atoms with Gasteiger partial charge in [-0.05, 0) is 48.7 Å². The van der Waals surface area contributed by atoms with Crippen molar-refractivity contribution in [2.24, 2.45) is 0 Å². The van der Waals surface area contributed by atoms with Crippen LogP contribution in [0.25, 0.3) is 27.7 Å². The Kier molecular flexibility index (Phi) is 7.11. The molecule has 6 rings (SSSR count). The Morgan fingerprint density at radius 2 is 2.00 bits per heavy atom. The second-order valence-corrected chi connectivity index (χ2v) is 12.4. The zero-order chi connectivity index (χ0) is 30.7. The number of hydrogen-bond donors (Lipinski definition) is 1. The van der Waals surface area contributed by atoms with E-state index in [0.717, 1.165) is 6.07 Å². The van der Waals surface area contributed by atoms with Gasteiger partial charge in [0, 0.05) is 31.4 Å². The molecule has 2 aliphatic heterocycles. The van der Waals surface area contributed by atoms with Gasteiger partial charge in [-0.2, -0.15) is 4.98 Å². The number of phenolic OH excluding ortho intramolecular Hbond substituents is 1. The summed E-state index contributed by atoms with van der Waals surface area (Å²) in [6.07, 6.45) is 2.83. The highest BCUT2D eigenvalue weighted by molar-refractivity contribution is 7.85. The minimum absolute atomic E-state index is 0.0760. The summed E-state index contributed by atoms with van der Waals surface area (Å²) in [4.78, 5) is 38.6. The molecule has 2 aliphatic rings. The van der Waals surface area contributed by atoms with Gasteiger partial charge in [-0.25, -0.2) is 13.6 Å². The second kappa shape index (κ2) is 10.7. The molecule has 222 valence electrons. The van der Waals surface area contributed by atoms with E-state index in [0.29, 0.717) is 23.5 Å². The monoisotopic (exact) mass is 605 g/mol. The fraction of sp³-hybridized carbons (Fsp3) is 0.290. The molecule has 1 N–H and O–H groups in total. The van der Waals surface area contributed by atoms with Crippen LogP contribution in [0.3, 0.4) is 0 Å². The summed E-state index contributed by atoms with van der Waals surface area (Å²) in [6.45, 7) is 9.92. The molecular weight excluding hydrogens is 576 g/mol. The number of hydrogen-bond acceptors (Lipinski definition) is 7. The van der Waals surface area contributed by atoms with E-state index in [1.165, 1.54) is 28.8 Å². The van der Waals surface area contributed by atoms with Crippen LogP contribution in [-0.4, -0.2) is 66.1 Å². The number of pyridine rings is 1. The van der Waals surface area contributed by atoms with E-state index in [2.05, 4.69) is 16.5 Å². The van der Waals surface area contributed by atoms with Gasteiger partial charge >= 0.3 is 5.69 Å². The normalized spacial score (nSPS) is 18.1. The van der Waals surface area contributed by atoms with Gasteiger partial charge in [0.2, 0.25) is 5.91 Å². The lowest BCUT2D eigenvalue weighted by atomic mass is 9.99. The smallest absolute Gasteiger partial charge is 0.354 e. The molecule has 1 fully saturated rings. The van der Waals surface area contributed by atoms with E-state index in [9.17, 15) is 18.9 Å². The van der Waals surface area contributed by atoms with Gasteiger partial charge in [0.25, 0.3) is 0 Å². The molecule has 2 atom stereocenters. The van der Waals surface area contributed by atoms with Gasteiger partial charge in [-0.3, -0.25) is 18.6 Å². The van der Waals surface area contributed by atoms with E-state index in [1.54, 1.807) is 22.1 Å². The summed E-state index contributed by atoms with van der Waals surface area (Å²) in [5.74, 6) is -2.72. The number of rotatable bonds is 4. The van der Waals surface area contributed by atoms with E-state index < -0.39 is 45.5 Å². The number of anilines is 1. The summed E-state index contributed by atoms with van der Waals surface area (Å²) >= 11 is 0. The largest absolute Gasteiger partial charge is 0.507 e. The van der Waals surface area contributed by atoms with Crippen LogP contribution in [0.5, 0.6) is 5.75 Å². The molecule has 1 amide bonds. The van der Waals surface area contributed by atoms with Crippen molar-refractivity contribution >= 4 is 33.4 Å². The maximum atomic E-state index is 16.7. The summed E-state index contributed by atoms with van der Waals surface area (Å²) in [5, 5.41) is 10.8. The lowest BCUT2D eigenvalue weighted by Gasteiger charge is -2.41. The van der Waals surface area contributed by atoms with Crippen molar-refractivity contribution in [2.45, 2.75) is 37.6 Å². The summed E-state index contributed by atoms with van der Waals surface area (Å²) < 4.78 is 47.3. The van der Waals surface area contributed by atoms with Crippen LogP contribution in [0, 0.1) is 18.6 Å². The van der Waals surface area contributed by atoms with Gasteiger partial charge in [-0.1, -0.05) is 26.5 Å². The van der Waals surface area contributed by atoms with E-state index in [-0.39, 0.29) is 57.8 Å². The van der Waals surface area contributed by atoms with Gasteiger partial charge in [-0.15, -0.1) is 0 Å². The van der Waals surface area contributed by atoms with E-state index in [1.807, 2.05) is 20.8 Å². The molecule has 1 saturated heterocycles. The van der Waals surface area contributed by atoms with Crippen LogP contribution in [0.15, 0.2) is 58.9 Å². The van der Waals surface area contributed by atoms with Crippen LogP contribution in [0.4, 0.5) is 14.6 Å². The van der Waals surface area contributed by atoms with E-state index in [4.69, 9.17) is 0 Å². The third-order valence-electron chi connectivity index (χ3n) is 8.06. The minimum Gasteiger partial charge on any atom is -0.507 e. The maximum absolute atomic E-state index is 16.7. The SMILES string of the molecule is C=CC(=O)N1CCN2c3nc(=O)n(-c4c(C)ccnc4C(C)C)c4cc(-c5c(O)cccc5F)c(F)c(c34)S(=O)CC2C1. The van der Waals surface area contributed by atoms with Crippen molar-refractivity contribution in [1.29, 1.82) is 0 Å². The van der Waals surface area contributed by atoms with Crippen molar-refractivity contribution in [1.82, 2.24) is 19.4 Å². The lowest BCUT2D eigenvalue weighted by molar-refractivity contribution is -0.126. The molecule has 9 nitrogen and oxygen atoms in total. The molecule has 4 heterocycles. The molecule has 0 radical (unpaired) electrons. The Labute approximate surface area is 248 Å². The van der Waals surface area contributed by atoms with Gasteiger partial charge < -0.3 is 14.9 Å². The van der Waals surface area contributed by atoms with Crippen molar-refractivity contribution < 1.29 is 22.9 Å². The number of nitrogens with zero attached hydrogens (tertiary/aromatic N) is 5. The molecule has 43 heavy (non-hydrogen) atoms. The van der Waals surface area contributed by atoms with Crippen LogP contribution in [0.1, 0.15) is 31.0 Å². The number of amides is 1. The Hall–Kier alpha value is -4.45. The maximum Gasteiger partial charge on any atom is 0.354 e. The van der Waals surface area contributed by atoms with Crippen molar-refractivity contribution in [2.75, 3.05) is 30.3 Å². The first-order chi connectivity index (χ1) is 20.5. The number of carbonyl (C=O) groups is 1. The van der Waals surface area contributed by atoms with Crippen molar-refractivity contribution in [3.05, 3.63) is 82.6 Å². The second-order valence-electron chi connectivity index (χ2n) is 11.0. The van der Waals surface area contributed by atoms with Crippen molar-refractivity contribution in [3.8, 4) is 22.6 Å². The highest BCUT2D eigenvalue weighted by Gasteiger charge is 2.39. The van der Waals surface area contributed by atoms with Crippen LogP contribution in [0.2, 0.25) is 0 Å². The molecule has 4 aromatic rings. The Balaban J connectivity index is 1.75. The predicted molar refractivity (Wildman–Crippen MR) is 160 cm³/mol. The summed E-state index contributed by atoms with van der Waals surface area (Å²) in [6, 6.07) is 6.11.